The molecule has 1 heterocycles. The first-order valence-electron chi connectivity index (χ1n) is 5.30. The number of rotatable bonds is 4. The molecule has 0 radical (unpaired) electrons. The monoisotopic (exact) mass is 250 g/mol. The molecule has 0 spiro atoms. The lowest BCUT2D eigenvalue weighted by atomic mass is 10.2. The van der Waals surface area contributed by atoms with Crippen molar-refractivity contribution >= 4 is 27.3 Å². The summed E-state index contributed by atoms with van der Waals surface area (Å²) in [6.45, 7) is 0.945. The van der Waals surface area contributed by atoms with Gasteiger partial charge in [-0.3, -0.25) is 4.79 Å². The Morgan fingerprint density at radius 3 is 3.00 bits per heavy atom. The van der Waals surface area contributed by atoms with Crippen LogP contribution in [0.3, 0.4) is 0 Å². The molecule has 4 nitrogen and oxygen atoms in total. The predicted molar refractivity (Wildman–Crippen MR) is 69.8 cm³/mol. The van der Waals surface area contributed by atoms with Crippen molar-refractivity contribution in [2.24, 2.45) is 5.73 Å². The minimum Gasteiger partial charge on any atom is -0.497 e. The maximum Gasteiger partial charge on any atom is 0.261 e. The number of amides is 1. The van der Waals surface area contributed by atoms with Crippen LogP contribution in [-0.4, -0.2) is 26.1 Å². The Kier molecular flexibility index (Phi) is 3.61. The van der Waals surface area contributed by atoms with Crippen LogP contribution < -0.4 is 15.8 Å². The van der Waals surface area contributed by atoms with Gasteiger partial charge in [0, 0.05) is 17.8 Å². The van der Waals surface area contributed by atoms with Gasteiger partial charge in [0.05, 0.1) is 12.0 Å². The van der Waals surface area contributed by atoms with Crippen molar-refractivity contribution in [3.05, 3.63) is 29.1 Å². The molecule has 0 saturated carbocycles. The zero-order valence-electron chi connectivity index (χ0n) is 9.53. The summed E-state index contributed by atoms with van der Waals surface area (Å²) >= 11 is 1.47. The van der Waals surface area contributed by atoms with E-state index in [-0.39, 0.29) is 5.91 Å². The SMILES string of the molecule is COc1ccc2sc(C(=O)NCCN)cc2c1. The smallest absolute Gasteiger partial charge is 0.261 e. The molecule has 0 aliphatic rings. The topological polar surface area (TPSA) is 64.3 Å². The Morgan fingerprint density at radius 1 is 1.47 bits per heavy atom. The summed E-state index contributed by atoms with van der Waals surface area (Å²) in [4.78, 5) is 12.4. The molecule has 90 valence electrons. The molecule has 0 bridgehead atoms. The molecular weight excluding hydrogens is 236 g/mol. The molecule has 1 aromatic heterocycles. The first-order chi connectivity index (χ1) is 8.24. The second kappa shape index (κ2) is 5.16. The third-order valence-electron chi connectivity index (χ3n) is 2.38. The number of benzene rings is 1. The molecule has 0 aliphatic heterocycles. The number of thiophene rings is 1. The van der Waals surface area contributed by atoms with Crippen LogP contribution in [0.5, 0.6) is 5.75 Å². The number of hydrogen-bond acceptors (Lipinski definition) is 4. The molecule has 0 atom stereocenters. The molecule has 3 N–H and O–H groups in total. The number of nitrogens with one attached hydrogen (secondary N) is 1. The zero-order chi connectivity index (χ0) is 12.3. The van der Waals surface area contributed by atoms with E-state index < -0.39 is 0 Å². The van der Waals surface area contributed by atoms with E-state index in [2.05, 4.69) is 5.32 Å². The van der Waals surface area contributed by atoms with Crippen molar-refractivity contribution in [3.63, 3.8) is 0 Å². The van der Waals surface area contributed by atoms with Gasteiger partial charge in [-0.05, 0) is 29.7 Å². The molecular formula is C12H14N2O2S. The molecule has 2 rings (SSSR count). The average molecular weight is 250 g/mol. The van der Waals surface area contributed by atoms with Gasteiger partial charge in [-0.15, -0.1) is 11.3 Å². The molecule has 0 saturated heterocycles. The van der Waals surface area contributed by atoms with Crippen molar-refractivity contribution in [2.75, 3.05) is 20.2 Å². The normalized spacial score (nSPS) is 10.5. The van der Waals surface area contributed by atoms with E-state index in [1.807, 2.05) is 24.3 Å². The van der Waals surface area contributed by atoms with Gasteiger partial charge < -0.3 is 15.8 Å². The molecule has 0 aliphatic carbocycles. The largest absolute Gasteiger partial charge is 0.497 e. The number of carbonyl (C=O) groups is 1. The Morgan fingerprint density at radius 2 is 2.29 bits per heavy atom. The van der Waals surface area contributed by atoms with E-state index in [0.29, 0.717) is 18.0 Å². The highest BCUT2D eigenvalue weighted by Crippen LogP contribution is 2.28. The lowest BCUT2D eigenvalue weighted by molar-refractivity contribution is 0.0959. The molecule has 0 unspecified atom stereocenters. The van der Waals surface area contributed by atoms with Gasteiger partial charge >= 0.3 is 0 Å². The van der Waals surface area contributed by atoms with Gasteiger partial charge in [0.2, 0.25) is 0 Å². The second-order valence-electron chi connectivity index (χ2n) is 3.56. The van der Waals surface area contributed by atoms with Crippen molar-refractivity contribution in [2.45, 2.75) is 0 Å². The van der Waals surface area contributed by atoms with Crippen LogP contribution in [0, 0.1) is 0 Å². The maximum atomic E-state index is 11.7. The van der Waals surface area contributed by atoms with Crippen LogP contribution in [0.15, 0.2) is 24.3 Å². The third kappa shape index (κ3) is 2.57. The molecule has 5 heteroatoms. The van der Waals surface area contributed by atoms with Crippen LogP contribution in [0.4, 0.5) is 0 Å². The van der Waals surface area contributed by atoms with Gasteiger partial charge in [0.25, 0.3) is 5.91 Å². The third-order valence-corrected chi connectivity index (χ3v) is 3.49. The lowest BCUT2D eigenvalue weighted by Gasteiger charge is -1.98. The van der Waals surface area contributed by atoms with E-state index >= 15 is 0 Å². The highest BCUT2D eigenvalue weighted by molar-refractivity contribution is 7.20. The molecule has 2 aromatic rings. The van der Waals surface area contributed by atoms with E-state index in [0.717, 1.165) is 15.8 Å². The standard InChI is InChI=1S/C12H14N2O2S/c1-16-9-2-3-10-8(6-9)7-11(17-10)12(15)14-5-4-13/h2-3,6-7H,4-5,13H2,1H3,(H,14,15). The van der Waals surface area contributed by atoms with Gasteiger partial charge in [-0.25, -0.2) is 0 Å². The highest BCUT2D eigenvalue weighted by atomic mass is 32.1. The Bertz CT molecular complexity index is 536. The highest BCUT2D eigenvalue weighted by Gasteiger charge is 2.09. The molecule has 1 amide bonds. The van der Waals surface area contributed by atoms with Crippen molar-refractivity contribution in [1.82, 2.24) is 5.32 Å². The quantitative estimate of drug-likeness (QED) is 0.866. The van der Waals surface area contributed by atoms with E-state index in [1.54, 1.807) is 7.11 Å². The summed E-state index contributed by atoms with van der Waals surface area (Å²) in [5.74, 6) is 0.722. The minimum atomic E-state index is -0.0735. The first-order valence-corrected chi connectivity index (χ1v) is 6.12. The van der Waals surface area contributed by atoms with Crippen molar-refractivity contribution in [1.29, 1.82) is 0 Å². The summed E-state index contributed by atoms with van der Waals surface area (Å²) in [6, 6.07) is 7.64. The summed E-state index contributed by atoms with van der Waals surface area (Å²) in [5, 5.41) is 3.77. The number of carbonyl (C=O) groups excluding carboxylic acids is 1. The summed E-state index contributed by atoms with van der Waals surface area (Å²) < 4.78 is 6.22. The number of methoxy groups -OCH3 is 1. The summed E-state index contributed by atoms with van der Waals surface area (Å²) in [7, 11) is 1.63. The fraction of sp³-hybridized carbons (Fsp3) is 0.250. The van der Waals surface area contributed by atoms with E-state index in [9.17, 15) is 4.79 Å². The van der Waals surface area contributed by atoms with Gasteiger partial charge in [0.15, 0.2) is 0 Å². The molecule has 0 fully saturated rings. The Labute approximate surface area is 103 Å². The van der Waals surface area contributed by atoms with Crippen molar-refractivity contribution in [3.8, 4) is 5.75 Å². The zero-order valence-corrected chi connectivity index (χ0v) is 10.3. The Balaban J connectivity index is 2.28. The van der Waals surface area contributed by atoms with Gasteiger partial charge in [0.1, 0.15) is 5.75 Å². The summed E-state index contributed by atoms with van der Waals surface area (Å²) in [6.07, 6.45) is 0. The number of fused-ring (bicyclic) bond motifs is 1. The van der Waals surface area contributed by atoms with Gasteiger partial charge in [-0.1, -0.05) is 0 Å². The Hall–Kier alpha value is -1.59. The second-order valence-corrected chi connectivity index (χ2v) is 4.64. The molecule has 1 aromatic carbocycles. The van der Waals surface area contributed by atoms with Gasteiger partial charge in [-0.2, -0.15) is 0 Å². The average Bonchev–Trinajstić information content (AvgIpc) is 2.78. The lowest BCUT2D eigenvalue weighted by Crippen LogP contribution is -2.28. The fourth-order valence-electron chi connectivity index (χ4n) is 1.53. The molecule has 17 heavy (non-hydrogen) atoms. The van der Waals surface area contributed by atoms with E-state index in [4.69, 9.17) is 10.5 Å². The summed E-state index contributed by atoms with van der Waals surface area (Å²) in [5.41, 5.74) is 5.34. The minimum absolute atomic E-state index is 0.0735. The van der Waals surface area contributed by atoms with Crippen LogP contribution in [0.2, 0.25) is 0 Å². The first kappa shape index (κ1) is 11.9. The number of nitrogens with two attached hydrogens (primary N) is 1. The van der Waals surface area contributed by atoms with Crippen LogP contribution in [0.1, 0.15) is 9.67 Å². The van der Waals surface area contributed by atoms with Crippen LogP contribution in [-0.2, 0) is 0 Å². The van der Waals surface area contributed by atoms with Crippen LogP contribution in [0.25, 0.3) is 10.1 Å². The van der Waals surface area contributed by atoms with E-state index in [1.165, 1.54) is 11.3 Å². The van der Waals surface area contributed by atoms with Crippen molar-refractivity contribution < 1.29 is 9.53 Å². The predicted octanol–water partition coefficient (Wildman–Crippen LogP) is 1.60. The number of ether oxygens (including phenoxy) is 1. The number of hydrogen-bond donors (Lipinski definition) is 2. The maximum absolute atomic E-state index is 11.7. The fourth-order valence-corrected chi connectivity index (χ4v) is 2.49. The van der Waals surface area contributed by atoms with Crippen LogP contribution >= 0.6 is 11.3 Å².